The van der Waals surface area contributed by atoms with E-state index in [2.05, 4.69) is 26.1 Å². The molecule has 8 heteroatoms. The first kappa shape index (κ1) is 20.5. The summed E-state index contributed by atoms with van der Waals surface area (Å²) in [4.78, 5) is 15.2. The van der Waals surface area contributed by atoms with Crippen molar-refractivity contribution in [3.63, 3.8) is 0 Å². The molecular formula is C21H22BrClN2O4. The van der Waals surface area contributed by atoms with Crippen LogP contribution in [0.25, 0.3) is 0 Å². The average molecular weight is 482 g/mol. The maximum atomic E-state index is 12.9. The smallest absolute Gasteiger partial charge is 0.251 e. The van der Waals surface area contributed by atoms with E-state index >= 15 is 0 Å². The summed E-state index contributed by atoms with van der Waals surface area (Å²) in [5, 5.41) is 3.77. The quantitative estimate of drug-likeness (QED) is 0.706. The highest BCUT2D eigenvalue weighted by molar-refractivity contribution is 9.10. The Morgan fingerprint density at radius 3 is 2.59 bits per heavy atom. The number of fused-ring (bicyclic) bond motifs is 1. The van der Waals surface area contributed by atoms with Crippen LogP contribution >= 0.6 is 27.5 Å². The van der Waals surface area contributed by atoms with Gasteiger partial charge in [-0.15, -0.1) is 0 Å². The van der Waals surface area contributed by atoms with Gasteiger partial charge in [-0.25, -0.2) is 0 Å². The highest BCUT2D eigenvalue weighted by atomic mass is 79.9. The van der Waals surface area contributed by atoms with Crippen molar-refractivity contribution >= 4 is 33.4 Å². The Morgan fingerprint density at radius 1 is 1.10 bits per heavy atom. The second-order valence-corrected chi connectivity index (χ2v) is 8.20. The van der Waals surface area contributed by atoms with Crippen LogP contribution in [0.3, 0.4) is 0 Å². The number of rotatable bonds is 5. The third-order valence-electron chi connectivity index (χ3n) is 5.06. The number of hydrogen-bond acceptors (Lipinski definition) is 5. The molecule has 29 heavy (non-hydrogen) atoms. The molecule has 1 fully saturated rings. The van der Waals surface area contributed by atoms with Gasteiger partial charge in [0.1, 0.15) is 13.2 Å². The van der Waals surface area contributed by atoms with Crippen LogP contribution in [0.4, 0.5) is 0 Å². The van der Waals surface area contributed by atoms with Gasteiger partial charge in [0.2, 0.25) is 0 Å². The summed E-state index contributed by atoms with van der Waals surface area (Å²) in [5.74, 6) is 1.06. The van der Waals surface area contributed by atoms with Crippen molar-refractivity contribution in [3.05, 3.63) is 57.0 Å². The first-order chi connectivity index (χ1) is 14.1. The second kappa shape index (κ2) is 9.34. The lowest BCUT2D eigenvalue weighted by Gasteiger charge is -2.35. The lowest BCUT2D eigenvalue weighted by Crippen LogP contribution is -2.43. The Labute approximate surface area is 183 Å². The molecule has 2 aromatic rings. The topological polar surface area (TPSA) is 60.0 Å². The van der Waals surface area contributed by atoms with E-state index < -0.39 is 0 Å². The number of halogens is 2. The minimum Gasteiger partial charge on any atom is -0.486 e. The van der Waals surface area contributed by atoms with E-state index in [-0.39, 0.29) is 11.9 Å². The Morgan fingerprint density at radius 2 is 1.83 bits per heavy atom. The number of ether oxygens (including phenoxy) is 3. The molecule has 0 bridgehead atoms. The lowest BCUT2D eigenvalue weighted by atomic mass is 10.0. The van der Waals surface area contributed by atoms with Crippen molar-refractivity contribution in [2.45, 2.75) is 6.04 Å². The third-order valence-corrected chi connectivity index (χ3v) is 5.90. The summed E-state index contributed by atoms with van der Waals surface area (Å²) in [7, 11) is 0. The molecule has 1 amide bonds. The number of morpholine rings is 1. The normalized spacial score (nSPS) is 17.6. The lowest BCUT2D eigenvalue weighted by molar-refractivity contribution is 0.0162. The average Bonchev–Trinajstić information content (AvgIpc) is 2.75. The Hall–Kier alpha value is -1.80. The molecule has 0 aromatic heterocycles. The molecule has 4 rings (SSSR count). The molecule has 1 atom stereocenters. The predicted octanol–water partition coefficient (Wildman–Crippen LogP) is 3.68. The van der Waals surface area contributed by atoms with Crippen molar-refractivity contribution in [2.75, 3.05) is 46.1 Å². The van der Waals surface area contributed by atoms with Gasteiger partial charge in [0.05, 0.1) is 23.7 Å². The van der Waals surface area contributed by atoms with Gasteiger partial charge in [0.15, 0.2) is 11.5 Å². The number of nitrogens with zero attached hydrogens (tertiary/aromatic N) is 1. The summed E-state index contributed by atoms with van der Waals surface area (Å²) in [6, 6.07) is 11.3. The minimum absolute atomic E-state index is 0.0424. The first-order valence-electron chi connectivity index (χ1n) is 9.56. The van der Waals surface area contributed by atoms with Crippen molar-refractivity contribution in [1.29, 1.82) is 0 Å². The number of nitrogens with one attached hydrogen (secondary N) is 1. The molecular weight excluding hydrogens is 460 g/mol. The number of benzene rings is 2. The van der Waals surface area contributed by atoms with Crippen LogP contribution in [0.5, 0.6) is 11.5 Å². The van der Waals surface area contributed by atoms with Gasteiger partial charge in [-0.3, -0.25) is 9.69 Å². The third kappa shape index (κ3) is 4.86. The first-order valence-corrected chi connectivity index (χ1v) is 10.7. The van der Waals surface area contributed by atoms with Crippen LogP contribution in [0.1, 0.15) is 22.0 Å². The van der Waals surface area contributed by atoms with Crippen LogP contribution in [0.2, 0.25) is 5.02 Å². The zero-order valence-corrected chi connectivity index (χ0v) is 18.2. The van der Waals surface area contributed by atoms with Crippen LogP contribution in [0, 0.1) is 0 Å². The molecule has 154 valence electrons. The highest BCUT2D eigenvalue weighted by Crippen LogP contribution is 2.38. The fourth-order valence-corrected chi connectivity index (χ4v) is 4.25. The van der Waals surface area contributed by atoms with E-state index in [1.54, 1.807) is 12.1 Å². The van der Waals surface area contributed by atoms with Crippen molar-refractivity contribution in [3.8, 4) is 11.5 Å². The van der Waals surface area contributed by atoms with Crippen molar-refractivity contribution < 1.29 is 19.0 Å². The summed E-state index contributed by atoms with van der Waals surface area (Å²) < 4.78 is 17.4. The zero-order valence-electron chi connectivity index (χ0n) is 15.8. The zero-order chi connectivity index (χ0) is 20.2. The van der Waals surface area contributed by atoms with Gasteiger partial charge in [-0.2, -0.15) is 0 Å². The van der Waals surface area contributed by atoms with Crippen LogP contribution < -0.4 is 14.8 Å². The summed E-state index contributed by atoms with van der Waals surface area (Å²) in [5.41, 5.74) is 1.64. The van der Waals surface area contributed by atoms with Gasteiger partial charge < -0.3 is 19.5 Å². The minimum atomic E-state index is -0.158. The van der Waals surface area contributed by atoms with E-state index in [0.717, 1.165) is 18.7 Å². The summed E-state index contributed by atoms with van der Waals surface area (Å²) in [6.45, 7) is 4.46. The fraction of sp³-hybridized carbons (Fsp3) is 0.381. The van der Waals surface area contributed by atoms with Crippen molar-refractivity contribution in [2.24, 2.45) is 0 Å². The van der Waals surface area contributed by atoms with Gasteiger partial charge in [-0.05, 0) is 45.8 Å². The fourth-order valence-electron chi connectivity index (χ4n) is 3.57. The number of carbonyl (C=O) groups excluding carboxylic acids is 1. The summed E-state index contributed by atoms with van der Waals surface area (Å²) >= 11 is 9.52. The van der Waals surface area contributed by atoms with Crippen LogP contribution in [0.15, 0.2) is 40.9 Å². The van der Waals surface area contributed by atoms with Gasteiger partial charge in [0, 0.05) is 30.2 Å². The molecule has 2 aliphatic rings. The molecule has 2 heterocycles. The molecule has 0 saturated carbocycles. The molecule has 1 saturated heterocycles. The van der Waals surface area contributed by atoms with Gasteiger partial charge >= 0.3 is 0 Å². The second-order valence-electron chi connectivity index (χ2n) is 6.91. The SMILES string of the molecule is O=C(NCC(c1ccc(Cl)cc1)N1CCOCC1)c1cc(Br)c2c(c1)OCCO2. The van der Waals surface area contributed by atoms with E-state index in [1.165, 1.54) is 0 Å². The number of carbonyl (C=O) groups is 1. The number of amides is 1. The molecule has 1 unspecified atom stereocenters. The van der Waals surface area contributed by atoms with Gasteiger partial charge in [-0.1, -0.05) is 23.7 Å². The predicted molar refractivity (Wildman–Crippen MR) is 114 cm³/mol. The van der Waals surface area contributed by atoms with Crippen molar-refractivity contribution in [1.82, 2.24) is 10.2 Å². The Balaban J connectivity index is 1.50. The van der Waals surface area contributed by atoms with E-state index in [1.807, 2.05) is 24.3 Å². The standard InChI is InChI=1S/C21H22BrClN2O4/c22-17-11-15(12-19-20(17)29-10-9-28-19)21(26)24-13-18(25-5-7-27-8-6-25)14-1-3-16(23)4-2-14/h1-4,11-12,18H,5-10,13H2,(H,24,26). The molecule has 2 aromatic carbocycles. The monoisotopic (exact) mass is 480 g/mol. The maximum Gasteiger partial charge on any atom is 0.251 e. The molecule has 0 radical (unpaired) electrons. The Bertz CT molecular complexity index is 872. The van der Waals surface area contributed by atoms with E-state index in [0.29, 0.717) is 59.5 Å². The van der Waals surface area contributed by atoms with Crippen LogP contribution in [-0.4, -0.2) is 56.9 Å². The van der Waals surface area contributed by atoms with Crippen LogP contribution in [-0.2, 0) is 4.74 Å². The Kier molecular flexibility index (Phi) is 6.60. The molecule has 0 spiro atoms. The van der Waals surface area contributed by atoms with E-state index in [9.17, 15) is 4.79 Å². The van der Waals surface area contributed by atoms with E-state index in [4.69, 9.17) is 25.8 Å². The molecule has 6 nitrogen and oxygen atoms in total. The number of hydrogen-bond donors (Lipinski definition) is 1. The highest BCUT2D eigenvalue weighted by Gasteiger charge is 2.24. The maximum absolute atomic E-state index is 12.9. The molecule has 0 aliphatic carbocycles. The molecule has 2 aliphatic heterocycles. The summed E-state index contributed by atoms with van der Waals surface area (Å²) in [6.07, 6.45) is 0. The van der Waals surface area contributed by atoms with Gasteiger partial charge in [0.25, 0.3) is 5.91 Å². The molecule has 1 N–H and O–H groups in total. The largest absolute Gasteiger partial charge is 0.486 e.